The van der Waals surface area contributed by atoms with E-state index in [4.69, 9.17) is 4.74 Å². The number of ether oxygens (including phenoxy) is 1. The summed E-state index contributed by atoms with van der Waals surface area (Å²) in [6.45, 7) is 1.30. The van der Waals surface area contributed by atoms with Crippen LogP contribution in [0.15, 0.2) is 9.95 Å². The molecule has 0 fully saturated rings. The second-order valence-electron chi connectivity index (χ2n) is 2.55. The lowest BCUT2D eigenvalue weighted by molar-refractivity contribution is 0.167. The molecule has 0 saturated heterocycles. The van der Waals surface area contributed by atoms with Crippen molar-refractivity contribution in [2.24, 2.45) is 7.05 Å². The third-order valence-corrected chi connectivity index (χ3v) is 2.71. The molecule has 0 aliphatic carbocycles. The maximum atomic E-state index is 11.0. The maximum absolute atomic E-state index is 11.0. The normalized spacial score (nSPS) is 10.7. The summed E-state index contributed by atoms with van der Waals surface area (Å²) in [5.74, 6) is 1.51. The third kappa shape index (κ3) is 3.39. The van der Waals surface area contributed by atoms with Crippen molar-refractivity contribution >= 4 is 24.4 Å². The quantitative estimate of drug-likeness (QED) is 0.418. The van der Waals surface area contributed by atoms with Gasteiger partial charge in [0.1, 0.15) is 0 Å². The molecule has 1 heterocycles. The lowest BCUT2D eigenvalue weighted by Crippen LogP contribution is -2.13. The Bertz CT molecular complexity index is 323. The second kappa shape index (κ2) is 6.15. The van der Waals surface area contributed by atoms with Crippen LogP contribution >= 0.6 is 24.4 Å². The topological polar surface area (TPSA) is 59.9 Å². The fourth-order valence-corrected chi connectivity index (χ4v) is 1.72. The van der Waals surface area contributed by atoms with Crippen molar-refractivity contribution in [1.29, 1.82) is 0 Å². The first-order valence-corrected chi connectivity index (χ1v) is 5.80. The Morgan fingerprint density at radius 2 is 2.43 bits per heavy atom. The molecule has 0 saturated carbocycles. The molecular weight excluding hydrogens is 222 g/mol. The van der Waals surface area contributed by atoms with Gasteiger partial charge in [0.05, 0.1) is 13.2 Å². The molecule has 1 N–H and O–H groups in total. The summed E-state index contributed by atoms with van der Waals surface area (Å²) in [5.41, 5.74) is -0.191. The third-order valence-electron chi connectivity index (χ3n) is 1.53. The first-order chi connectivity index (χ1) is 6.75. The van der Waals surface area contributed by atoms with Gasteiger partial charge in [-0.1, -0.05) is 11.8 Å². The number of hydrogen-bond donors (Lipinski definition) is 2. The van der Waals surface area contributed by atoms with Crippen LogP contribution in [0.1, 0.15) is 0 Å². The van der Waals surface area contributed by atoms with Gasteiger partial charge >= 0.3 is 5.69 Å². The molecule has 0 aliphatic rings. The van der Waals surface area contributed by atoms with E-state index >= 15 is 0 Å². The van der Waals surface area contributed by atoms with Gasteiger partial charge in [-0.05, 0) is 0 Å². The summed E-state index contributed by atoms with van der Waals surface area (Å²) in [6, 6.07) is 0. The number of aromatic nitrogens is 3. The van der Waals surface area contributed by atoms with Gasteiger partial charge in [-0.15, -0.1) is 5.10 Å². The monoisotopic (exact) mass is 235 g/mol. The van der Waals surface area contributed by atoms with Crippen LogP contribution < -0.4 is 5.69 Å². The number of aromatic amines is 1. The number of thioether (sulfide) groups is 1. The lowest BCUT2D eigenvalue weighted by atomic mass is 10.8. The maximum Gasteiger partial charge on any atom is 0.343 e. The van der Waals surface area contributed by atoms with Gasteiger partial charge in [0.25, 0.3) is 0 Å². The molecule has 0 radical (unpaired) electrons. The van der Waals surface area contributed by atoms with Crippen molar-refractivity contribution in [3.63, 3.8) is 0 Å². The highest BCUT2D eigenvalue weighted by atomic mass is 32.2. The second-order valence-corrected chi connectivity index (χ2v) is 4.06. The number of H-pyrrole nitrogens is 1. The summed E-state index contributed by atoms with van der Waals surface area (Å²) < 4.78 is 6.70. The molecule has 0 bridgehead atoms. The Balaban J connectivity index is 2.25. The Morgan fingerprint density at radius 3 is 3.00 bits per heavy atom. The highest BCUT2D eigenvalue weighted by Gasteiger charge is 2.03. The van der Waals surface area contributed by atoms with Crippen LogP contribution in [0, 0.1) is 0 Å². The Hall–Kier alpha value is -0.400. The van der Waals surface area contributed by atoms with Crippen molar-refractivity contribution in [3.05, 3.63) is 10.5 Å². The lowest BCUT2D eigenvalue weighted by Gasteiger charge is -2.00. The van der Waals surface area contributed by atoms with E-state index in [1.807, 2.05) is 0 Å². The molecule has 80 valence electrons. The van der Waals surface area contributed by atoms with Gasteiger partial charge in [0.2, 0.25) is 0 Å². The first kappa shape index (κ1) is 11.7. The van der Waals surface area contributed by atoms with E-state index < -0.39 is 0 Å². The Morgan fingerprint density at radius 1 is 1.64 bits per heavy atom. The number of rotatable bonds is 6. The SMILES string of the molecule is Cn1c(SCCOCCS)n[nH]c1=O. The predicted molar refractivity (Wildman–Crippen MR) is 59.2 cm³/mol. The summed E-state index contributed by atoms with van der Waals surface area (Å²) in [6.07, 6.45) is 0. The van der Waals surface area contributed by atoms with E-state index in [1.165, 1.54) is 16.3 Å². The van der Waals surface area contributed by atoms with Crippen LogP contribution in [-0.2, 0) is 11.8 Å². The van der Waals surface area contributed by atoms with E-state index in [1.54, 1.807) is 7.05 Å². The van der Waals surface area contributed by atoms with Gasteiger partial charge in [0.15, 0.2) is 5.16 Å². The molecular formula is C7H13N3O2S2. The zero-order valence-electron chi connectivity index (χ0n) is 7.89. The summed E-state index contributed by atoms with van der Waals surface area (Å²) >= 11 is 5.51. The minimum absolute atomic E-state index is 0.191. The molecule has 0 aromatic carbocycles. The standard InChI is InChI=1S/C7H13N3O2S2/c1-10-6(11)8-9-7(10)14-5-3-12-2-4-13/h13H,2-5H2,1H3,(H,8,11). The van der Waals surface area contributed by atoms with Gasteiger partial charge in [0, 0.05) is 18.6 Å². The zero-order valence-corrected chi connectivity index (χ0v) is 9.61. The summed E-state index contributed by atoms with van der Waals surface area (Å²) in [7, 11) is 1.68. The molecule has 14 heavy (non-hydrogen) atoms. The number of nitrogens with one attached hydrogen (secondary N) is 1. The van der Waals surface area contributed by atoms with E-state index in [0.29, 0.717) is 18.4 Å². The minimum atomic E-state index is -0.191. The van der Waals surface area contributed by atoms with Crippen molar-refractivity contribution < 1.29 is 4.74 Å². The van der Waals surface area contributed by atoms with Gasteiger partial charge in [-0.25, -0.2) is 9.89 Å². The van der Waals surface area contributed by atoms with E-state index in [0.717, 1.165) is 11.5 Å². The van der Waals surface area contributed by atoms with Gasteiger partial charge in [-0.2, -0.15) is 12.6 Å². The zero-order chi connectivity index (χ0) is 10.4. The molecule has 0 unspecified atom stereocenters. The smallest absolute Gasteiger partial charge is 0.343 e. The molecule has 1 aromatic heterocycles. The van der Waals surface area contributed by atoms with Crippen molar-refractivity contribution in [3.8, 4) is 0 Å². The molecule has 0 atom stereocenters. The number of hydrogen-bond acceptors (Lipinski definition) is 5. The highest BCUT2D eigenvalue weighted by molar-refractivity contribution is 7.99. The average Bonchev–Trinajstić information content (AvgIpc) is 2.49. The molecule has 7 heteroatoms. The fraction of sp³-hybridized carbons (Fsp3) is 0.714. The molecule has 0 aliphatic heterocycles. The minimum Gasteiger partial charge on any atom is -0.380 e. The fourth-order valence-electron chi connectivity index (χ4n) is 0.820. The van der Waals surface area contributed by atoms with Crippen molar-refractivity contribution in [1.82, 2.24) is 14.8 Å². The molecule has 0 spiro atoms. The van der Waals surface area contributed by atoms with Gasteiger partial charge in [-0.3, -0.25) is 4.57 Å². The van der Waals surface area contributed by atoms with Crippen LogP contribution in [0.2, 0.25) is 0 Å². The molecule has 0 amide bonds. The Labute approximate surface area is 91.6 Å². The van der Waals surface area contributed by atoms with Crippen molar-refractivity contribution in [2.45, 2.75) is 5.16 Å². The predicted octanol–water partition coefficient (Wildman–Crippen LogP) is 0.147. The van der Waals surface area contributed by atoms with Crippen LogP contribution in [0.5, 0.6) is 0 Å². The molecule has 1 rings (SSSR count). The average molecular weight is 235 g/mol. The van der Waals surface area contributed by atoms with Gasteiger partial charge < -0.3 is 4.74 Å². The van der Waals surface area contributed by atoms with Crippen LogP contribution in [-0.4, -0.2) is 39.5 Å². The van der Waals surface area contributed by atoms with E-state index in [9.17, 15) is 4.79 Å². The largest absolute Gasteiger partial charge is 0.380 e. The Kier molecular flexibility index (Phi) is 5.13. The number of nitrogens with zero attached hydrogens (tertiary/aromatic N) is 2. The van der Waals surface area contributed by atoms with Crippen molar-refractivity contribution in [2.75, 3.05) is 24.7 Å². The van der Waals surface area contributed by atoms with E-state index in [2.05, 4.69) is 22.8 Å². The van der Waals surface area contributed by atoms with Crippen LogP contribution in [0.3, 0.4) is 0 Å². The van der Waals surface area contributed by atoms with Crippen LogP contribution in [0.4, 0.5) is 0 Å². The summed E-state index contributed by atoms with van der Waals surface area (Å²) in [5, 5.41) is 6.91. The molecule has 1 aromatic rings. The molecule has 5 nitrogen and oxygen atoms in total. The highest BCUT2D eigenvalue weighted by Crippen LogP contribution is 2.10. The van der Waals surface area contributed by atoms with Crippen LogP contribution in [0.25, 0.3) is 0 Å². The summed E-state index contributed by atoms with van der Waals surface area (Å²) in [4.78, 5) is 11.0. The number of thiol groups is 1. The first-order valence-electron chi connectivity index (χ1n) is 4.18. The van der Waals surface area contributed by atoms with E-state index in [-0.39, 0.29) is 5.69 Å².